The molecule has 49 heavy (non-hydrogen) atoms. The number of carbonyl (C=O) groups is 2. The van der Waals surface area contributed by atoms with Crippen LogP contribution in [0.5, 0.6) is 5.75 Å². The van der Waals surface area contributed by atoms with Gasteiger partial charge in [0.15, 0.2) is 12.1 Å². The first-order valence-corrected chi connectivity index (χ1v) is 17.3. The van der Waals surface area contributed by atoms with E-state index in [1.165, 1.54) is 12.8 Å². The Kier molecular flexibility index (Phi) is 14.7. The number of guanidine groups is 1. The number of methoxy groups -OCH3 is 1. The number of nitrogens with two attached hydrogens (primary N) is 1. The van der Waals surface area contributed by atoms with Gasteiger partial charge < -0.3 is 24.8 Å². The number of benzene rings is 2. The van der Waals surface area contributed by atoms with Gasteiger partial charge in [0.1, 0.15) is 5.75 Å². The van der Waals surface area contributed by atoms with Gasteiger partial charge in [0.2, 0.25) is 0 Å². The number of amides is 1. The van der Waals surface area contributed by atoms with E-state index in [9.17, 15) is 22.8 Å². The standard InChI is InChI=1S/C36H50F3N5O5/c1-3-4-17-41-35(40)42-33(45)31(49-34(46)36(37,38)39)24-27-13-14-29(26-11-6-5-7-12-26)30(32(27)48-23-10-22-47-2)25-43-20-15-28(16-21-43)44-18-8-9-19-44/h5-7,11-14,28,31H,3-4,8-10,15-25H2,1-2H3,(H3,40,41,42,45). The molecule has 2 saturated heterocycles. The summed E-state index contributed by atoms with van der Waals surface area (Å²) in [5, 5.41) is 2.31. The third-order valence-corrected chi connectivity index (χ3v) is 8.99. The summed E-state index contributed by atoms with van der Waals surface area (Å²) in [6.07, 6.45) is -0.870. The number of ether oxygens (including phenoxy) is 3. The highest BCUT2D eigenvalue weighted by atomic mass is 19.4. The lowest BCUT2D eigenvalue weighted by Crippen LogP contribution is -2.46. The lowest BCUT2D eigenvalue weighted by molar-refractivity contribution is -0.205. The summed E-state index contributed by atoms with van der Waals surface area (Å²) in [5.41, 5.74) is 9.00. The fraction of sp³-hybridized carbons (Fsp3) is 0.583. The summed E-state index contributed by atoms with van der Waals surface area (Å²) in [6, 6.07) is 14.0. The zero-order valence-electron chi connectivity index (χ0n) is 28.6. The van der Waals surface area contributed by atoms with Crippen LogP contribution in [-0.2, 0) is 32.0 Å². The number of carbonyl (C=O) groups excluding carboxylic acids is 2. The van der Waals surface area contributed by atoms with E-state index in [-0.39, 0.29) is 19.0 Å². The summed E-state index contributed by atoms with van der Waals surface area (Å²) in [7, 11) is 1.59. The van der Waals surface area contributed by atoms with Gasteiger partial charge in [0.25, 0.3) is 5.91 Å². The van der Waals surface area contributed by atoms with Crippen molar-refractivity contribution in [3.05, 3.63) is 53.6 Å². The Labute approximate surface area is 287 Å². The van der Waals surface area contributed by atoms with Gasteiger partial charge in [-0.1, -0.05) is 55.8 Å². The molecule has 0 radical (unpaired) electrons. The molecular formula is C36H50F3N5O5. The zero-order chi connectivity index (χ0) is 35.2. The van der Waals surface area contributed by atoms with Gasteiger partial charge in [-0.25, -0.2) is 4.79 Å². The Morgan fingerprint density at radius 1 is 1.02 bits per heavy atom. The molecule has 4 rings (SSSR count). The number of nitrogens with zero attached hydrogens (tertiary/aromatic N) is 3. The molecule has 1 unspecified atom stereocenters. The Morgan fingerprint density at radius 3 is 2.39 bits per heavy atom. The lowest BCUT2D eigenvalue weighted by atomic mass is 9.92. The molecule has 0 saturated carbocycles. The first-order chi connectivity index (χ1) is 23.6. The number of rotatable bonds is 16. The molecule has 2 aromatic carbocycles. The fourth-order valence-electron chi connectivity index (χ4n) is 6.40. The highest BCUT2D eigenvalue weighted by molar-refractivity contribution is 5.99. The van der Waals surface area contributed by atoms with E-state index in [2.05, 4.69) is 20.1 Å². The first-order valence-electron chi connectivity index (χ1n) is 17.3. The third kappa shape index (κ3) is 11.4. The Bertz CT molecular complexity index is 1380. The fourth-order valence-corrected chi connectivity index (χ4v) is 6.40. The number of aliphatic imine (C=N–C) groups is 1. The minimum absolute atomic E-state index is 0.263. The highest BCUT2D eigenvalue weighted by Crippen LogP contribution is 2.37. The van der Waals surface area contributed by atoms with Crippen LogP contribution in [0.25, 0.3) is 11.1 Å². The largest absolute Gasteiger partial charge is 0.493 e. The first kappa shape index (κ1) is 38.1. The summed E-state index contributed by atoms with van der Waals surface area (Å²) >= 11 is 0. The van der Waals surface area contributed by atoms with Crippen molar-refractivity contribution < 1.29 is 37.0 Å². The van der Waals surface area contributed by atoms with Crippen LogP contribution >= 0.6 is 0 Å². The van der Waals surface area contributed by atoms with E-state index < -0.39 is 24.2 Å². The SMILES string of the molecule is CCCCN=C(N)NC(=O)C(Cc1ccc(-c2ccccc2)c(CN2CCC(N3CCCC3)CC2)c1OCCCOC)OC(=O)C(F)(F)F. The van der Waals surface area contributed by atoms with E-state index in [1.54, 1.807) is 13.2 Å². The van der Waals surface area contributed by atoms with E-state index >= 15 is 0 Å². The number of halogens is 3. The van der Waals surface area contributed by atoms with Crippen molar-refractivity contribution in [3.63, 3.8) is 0 Å². The van der Waals surface area contributed by atoms with Gasteiger partial charge in [0, 0.05) is 51.3 Å². The van der Waals surface area contributed by atoms with Crippen LogP contribution in [0.4, 0.5) is 13.2 Å². The van der Waals surface area contributed by atoms with E-state index in [4.69, 9.17) is 19.9 Å². The molecule has 1 atom stereocenters. The molecule has 2 aliphatic rings. The minimum Gasteiger partial charge on any atom is -0.493 e. The van der Waals surface area contributed by atoms with Gasteiger partial charge in [-0.05, 0) is 75.0 Å². The maximum atomic E-state index is 13.4. The molecule has 1 amide bonds. The molecule has 13 heteroatoms. The number of esters is 1. The van der Waals surface area contributed by atoms with E-state index in [0.717, 1.165) is 62.1 Å². The second-order valence-corrected chi connectivity index (χ2v) is 12.6. The number of alkyl halides is 3. The molecular weight excluding hydrogens is 639 g/mol. The van der Waals surface area contributed by atoms with Crippen LogP contribution < -0.4 is 15.8 Å². The van der Waals surface area contributed by atoms with E-state index in [1.807, 2.05) is 43.3 Å². The Balaban J connectivity index is 1.70. The molecule has 2 aromatic rings. The van der Waals surface area contributed by atoms with Crippen LogP contribution in [0, 0.1) is 0 Å². The average molecular weight is 690 g/mol. The van der Waals surface area contributed by atoms with Crippen LogP contribution in [0.1, 0.15) is 63.0 Å². The lowest BCUT2D eigenvalue weighted by Gasteiger charge is -2.37. The molecule has 10 nitrogen and oxygen atoms in total. The van der Waals surface area contributed by atoms with Gasteiger partial charge >= 0.3 is 12.1 Å². The molecule has 0 bridgehead atoms. The van der Waals surface area contributed by atoms with Crippen LogP contribution in [0.2, 0.25) is 0 Å². The van der Waals surface area contributed by atoms with Crippen LogP contribution in [-0.4, -0.2) is 99.0 Å². The van der Waals surface area contributed by atoms with Crippen molar-refractivity contribution in [2.75, 3.05) is 53.0 Å². The minimum atomic E-state index is -5.30. The normalized spacial score (nSPS) is 17.2. The monoisotopic (exact) mass is 689 g/mol. The molecule has 3 N–H and O–H groups in total. The quantitative estimate of drug-likeness (QED) is 0.109. The molecule has 0 spiro atoms. The molecule has 0 aromatic heterocycles. The van der Waals surface area contributed by atoms with Gasteiger partial charge in [0.05, 0.1) is 6.61 Å². The van der Waals surface area contributed by atoms with Crippen molar-refractivity contribution in [1.29, 1.82) is 0 Å². The Hall–Kier alpha value is -3.68. The number of likely N-dealkylation sites (tertiary alicyclic amines) is 2. The number of hydrogen-bond donors (Lipinski definition) is 2. The number of nitrogens with one attached hydrogen (secondary N) is 1. The predicted molar refractivity (Wildman–Crippen MR) is 182 cm³/mol. The molecule has 2 heterocycles. The topological polar surface area (TPSA) is 119 Å². The predicted octanol–water partition coefficient (Wildman–Crippen LogP) is 5.08. The summed E-state index contributed by atoms with van der Waals surface area (Å²) in [5.74, 6) is -3.30. The van der Waals surface area contributed by atoms with Crippen molar-refractivity contribution in [1.82, 2.24) is 15.1 Å². The zero-order valence-corrected chi connectivity index (χ0v) is 28.6. The molecule has 270 valence electrons. The van der Waals surface area contributed by atoms with Crippen LogP contribution in [0.15, 0.2) is 47.5 Å². The maximum absolute atomic E-state index is 13.4. The third-order valence-electron chi connectivity index (χ3n) is 8.99. The summed E-state index contributed by atoms with van der Waals surface area (Å²) in [6.45, 7) is 7.58. The smallest absolute Gasteiger partial charge is 0.490 e. The van der Waals surface area contributed by atoms with Crippen LogP contribution in [0.3, 0.4) is 0 Å². The van der Waals surface area contributed by atoms with Gasteiger partial charge in [-0.3, -0.25) is 20.0 Å². The second kappa shape index (κ2) is 18.9. The molecule has 2 fully saturated rings. The van der Waals surface area contributed by atoms with Crippen molar-refractivity contribution in [2.24, 2.45) is 10.7 Å². The maximum Gasteiger partial charge on any atom is 0.490 e. The van der Waals surface area contributed by atoms with Gasteiger partial charge in [-0.2, -0.15) is 13.2 Å². The number of hydrogen-bond acceptors (Lipinski definition) is 8. The Morgan fingerprint density at radius 2 is 1.73 bits per heavy atom. The number of unbranched alkanes of at least 4 members (excludes halogenated alkanes) is 1. The van der Waals surface area contributed by atoms with Gasteiger partial charge in [-0.15, -0.1) is 0 Å². The van der Waals surface area contributed by atoms with Crippen molar-refractivity contribution in [3.8, 4) is 16.9 Å². The van der Waals surface area contributed by atoms with E-state index in [0.29, 0.717) is 49.9 Å². The summed E-state index contributed by atoms with van der Waals surface area (Å²) in [4.78, 5) is 34.4. The molecule has 2 aliphatic heterocycles. The van der Waals surface area contributed by atoms with Crippen molar-refractivity contribution >= 4 is 17.8 Å². The molecule has 0 aliphatic carbocycles. The second-order valence-electron chi connectivity index (χ2n) is 12.6. The average Bonchev–Trinajstić information content (AvgIpc) is 3.63. The van der Waals surface area contributed by atoms with Crippen molar-refractivity contribution in [2.45, 2.75) is 83.2 Å². The highest BCUT2D eigenvalue weighted by Gasteiger charge is 2.43. The summed E-state index contributed by atoms with van der Waals surface area (Å²) < 4.78 is 56.6. The number of piperidine rings is 1.